The van der Waals surface area contributed by atoms with Gasteiger partial charge in [0.05, 0.1) is 24.0 Å². The van der Waals surface area contributed by atoms with Crippen molar-refractivity contribution < 1.29 is 4.79 Å². The summed E-state index contributed by atoms with van der Waals surface area (Å²) in [6.07, 6.45) is 4.01. The van der Waals surface area contributed by atoms with Crippen LogP contribution in [0.4, 0.5) is 0 Å². The van der Waals surface area contributed by atoms with Gasteiger partial charge in [0.25, 0.3) is 0 Å². The summed E-state index contributed by atoms with van der Waals surface area (Å²) in [7, 11) is 0. The van der Waals surface area contributed by atoms with Crippen LogP contribution in [0.15, 0.2) is 12.5 Å². The predicted molar refractivity (Wildman–Crippen MR) is 57.9 cm³/mol. The molecule has 0 spiro atoms. The monoisotopic (exact) mass is 210 g/mol. The second-order valence-electron chi connectivity index (χ2n) is 3.88. The molecule has 1 aromatic heterocycles. The van der Waals surface area contributed by atoms with Gasteiger partial charge in [-0.05, 0) is 13.3 Å². The number of carbonyl (C=O) groups excluding carboxylic acids is 1. The van der Waals surface area contributed by atoms with Gasteiger partial charge in [0.2, 0.25) is 5.91 Å². The summed E-state index contributed by atoms with van der Waals surface area (Å²) in [4.78, 5) is 18.6. The minimum absolute atomic E-state index is 0.0119. The standard InChI is InChI=1S/C10H18N4O/c1-3-10(2,6-11)9(15)13-5-8-4-12-7-14-8/h4,7H,3,5-6,11H2,1-2H3,(H,12,14)(H,13,15). The van der Waals surface area contributed by atoms with Gasteiger partial charge in [0, 0.05) is 12.7 Å². The van der Waals surface area contributed by atoms with E-state index in [1.807, 2.05) is 13.8 Å². The minimum atomic E-state index is -0.472. The van der Waals surface area contributed by atoms with E-state index in [4.69, 9.17) is 5.73 Å². The van der Waals surface area contributed by atoms with Crippen molar-refractivity contribution in [2.45, 2.75) is 26.8 Å². The third-order valence-corrected chi connectivity index (χ3v) is 2.77. The predicted octanol–water partition coefficient (Wildman–Crippen LogP) is 0.401. The highest BCUT2D eigenvalue weighted by atomic mass is 16.2. The molecule has 1 rings (SSSR count). The Labute approximate surface area is 89.5 Å². The van der Waals surface area contributed by atoms with Crippen LogP contribution in [0, 0.1) is 5.41 Å². The second-order valence-corrected chi connectivity index (χ2v) is 3.88. The zero-order chi connectivity index (χ0) is 11.3. The van der Waals surface area contributed by atoms with E-state index in [2.05, 4.69) is 15.3 Å². The first-order valence-electron chi connectivity index (χ1n) is 5.08. The van der Waals surface area contributed by atoms with E-state index in [0.29, 0.717) is 13.1 Å². The van der Waals surface area contributed by atoms with Crippen LogP contribution in [0.1, 0.15) is 26.0 Å². The lowest BCUT2D eigenvalue weighted by Gasteiger charge is -2.24. The van der Waals surface area contributed by atoms with Gasteiger partial charge in [-0.25, -0.2) is 4.98 Å². The fourth-order valence-corrected chi connectivity index (χ4v) is 1.17. The maximum atomic E-state index is 11.8. The number of carbonyl (C=O) groups is 1. The Bertz CT molecular complexity index is 303. The Balaban J connectivity index is 2.48. The summed E-state index contributed by atoms with van der Waals surface area (Å²) in [5, 5.41) is 2.84. The van der Waals surface area contributed by atoms with Crippen molar-refractivity contribution in [1.82, 2.24) is 15.3 Å². The van der Waals surface area contributed by atoms with Crippen molar-refractivity contribution in [3.63, 3.8) is 0 Å². The molecule has 0 fully saturated rings. The Morgan fingerprint density at radius 2 is 2.47 bits per heavy atom. The highest BCUT2D eigenvalue weighted by Crippen LogP contribution is 2.19. The molecule has 1 heterocycles. The molecule has 1 unspecified atom stereocenters. The molecule has 0 radical (unpaired) electrons. The van der Waals surface area contributed by atoms with Gasteiger partial charge < -0.3 is 16.0 Å². The average Bonchev–Trinajstić information content (AvgIpc) is 2.77. The van der Waals surface area contributed by atoms with Crippen molar-refractivity contribution in [2.75, 3.05) is 6.54 Å². The highest BCUT2D eigenvalue weighted by Gasteiger charge is 2.29. The number of hydrogen-bond donors (Lipinski definition) is 3. The molecule has 4 N–H and O–H groups in total. The zero-order valence-electron chi connectivity index (χ0n) is 9.21. The van der Waals surface area contributed by atoms with E-state index >= 15 is 0 Å². The van der Waals surface area contributed by atoms with E-state index in [1.165, 1.54) is 0 Å². The topological polar surface area (TPSA) is 83.8 Å². The summed E-state index contributed by atoms with van der Waals surface area (Å²) >= 11 is 0. The molecule has 5 heteroatoms. The lowest BCUT2D eigenvalue weighted by atomic mass is 9.87. The van der Waals surface area contributed by atoms with Crippen molar-refractivity contribution in [3.05, 3.63) is 18.2 Å². The Kier molecular flexibility index (Phi) is 3.85. The average molecular weight is 210 g/mol. The lowest BCUT2D eigenvalue weighted by molar-refractivity contribution is -0.130. The van der Waals surface area contributed by atoms with Gasteiger partial charge >= 0.3 is 0 Å². The number of nitrogens with two attached hydrogens (primary N) is 1. The van der Waals surface area contributed by atoms with Crippen molar-refractivity contribution in [3.8, 4) is 0 Å². The zero-order valence-corrected chi connectivity index (χ0v) is 9.21. The molecule has 0 aromatic carbocycles. The third-order valence-electron chi connectivity index (χ3n) is 2.77. The normalized spacial score (nSPS) is 14.6. The highest BCUT2D eigenvalue weighted by molar-refractivity contribution is 5.82. The van der Waals surface area contributed by atoms with Gasteiger partial charge in [-0.1, -0.05) is 6.92 Å². The minimum Gasteiger partial charge on any atom is -0.350 e. The quantitative estimate of drug-likeness (QED) is 0.657. The van der Waals surface area contributed by atoms with Crippen LogP contribution in [0.25, 0.3) is 0 Å². The first-order chi connectivity index (χ1) is 7.12. The molecule has 0 saturated heterocycles. The van der Waals surface area contributed by atoms with Crippen molar-refractivity contribution in [2.24, 2.45) is 11.1 Å². The van der Waals surface area contributed by atoms with Gasteiger partial charge in [0.1, 0.15) is 0 Å². The SMILES string of the molecule is CCC(C)(CN)C(=O)NCc1cnc[nH]1. The molecule has 0 aliphatic carbocycles. The van der Waals surface area contributed by atoms with Crippen LogP contribution in [0.2, 0.25) is 0 Å². The molecule has 0 bridgehead atoms. The number of hydrogen-bond acceptors (Lipinski definition) is 3. The summed E-state index contributed by atoms with van der Waals surface area (Å²) in [5.74, 6) is -0.0119. The maximum Gasteiger partial charge on any atom is 0.227 e. The molecule has 84 valence electrons. The number of rotatable bonds is 5. The smallest absolute Gasteiger partial charge is 0.227 e. The van der Waals surface area contributed by atoms with Crippen LogP contribution in [0.5, 0.6) is 0 Å². The Hall–Kier alpha value is -1.36. The number of H-pyrrole nitrogens is 1. The van der Waals surface area contributed by atoms with E-state index in [1.54, 1.807) is 12.5 Å². The van der Waals surface area contributed by atoms with Crippen LogP contribution in [-0.4, -0.2) is 22.4 Å². The van der Waals surface area contributed by atoms with E-state index < -0.39 is 5.41 Å². The Morgan fingerprint density at radius 3 is 2.93 bits per heavy atom. The molecule has 0 aliphatic rings. The molecular weight excluding hydrogens is 192 g/mol. The summed E-state index contributed by atoms with van der Waals surface area (Å²) in [6, 6.07) is 0. The molecule has 1 amide bonds. The van der Waals surface area contributed by atoms with Crippen LogP contribution < -0.4 is 11.1 Å². The number of aromatic nitrogens is 2. The number of aromatic amines is 1. The summed E-state index contributed by atoms with van der Waals surface area (Å²) in [6.45, 7) is 4.66. The second kappa shape index (κ2) is 4.93. The third kappa shape index (κ3) is 2.79. The molecular formula is C10H18N4O. The first kappa shape index (κ1) is 11.7. The van der Waals surface area contributed by atoms with E-state index in [0.717, 1.165) is 12.1 Å². The van der Waals surface area contributed by atoms with Crippen LogP contribution >= 0.6 is 0 Å². The molecule has 0 aliphatic heterocycles. The van der Waals surface area contributed by atoms with E-state index in [9.17, 15) is 4.79 Å². The largest absolute Gasteiger partial charge is 0.350 e. The molecule has 0 saturated carbocycles. The first-order valence-corrected chi connectivity index (χ1v) is 5.08. The number of imidazole rings is 1. The lowest BCUT2D eigenvalue weighted by Crippen LogP contribution is -2.43. The molecule has 5 nitrogen and oxygen atoms in total. The summed E-state index contributed by atoms with van der Waals surface area (Å²) < 4.78 is 0. The fourth-order valence-electron chi connectivity index (χ4n) is 1.17. The number of nitrogens with zero attached hydrogens (tertiary/aromatic N) is 1. The van der Waals surface area contributed by atoms with Crippen molar-refractivity contribution in [1.29, 1.82) is 0 Å². The molecule has 15 heavy (non-hydrogen) atoms. The summed E-state index contributed by atoms with van der Waals surface area (Å²) in [5.41, 5.74) is 6.00. The fraction of sp³-hybridized carbons (Fsp3) is 0.600. The Morgan fingerprint density at radius 1 is 1.73 bits per heavy atom. The van der Waals surface area contributed by atoms with E-state index in [-0.39, 0.29) is 5.91 Å². The molecule has 1 atom stereocenters. The van der Waals surface area contributed by atoms with Gasteiger partial charge in [-0.3, -0.25) is 4.79 Å². The van der Waals surface area contributed by atoms with Gasteiger partial charge in [0.15, 0.2) is 0 Å². The van der Waals surface area contributed by atoms with Crippen LogP contribution in [0.3, 0.4) is 0 Å². The number of nitrogens with one attached hydrogen (secondary N) is 2. The number of amides is 1. The van der Waals surface area contributed by atoms with Gasteiger partial charge in [-0.2, -0.15) is 0 Å². The van der Waals surface area contributed by atoms with Crippen LogP contribution in [-0.2, 0) is 11.3 Å². The van der Waals surface area contributed by atoms with Crippen molar-refractivity contribution >= 4 is 5.91 Å². The van der Waals surface area contributed by atoms with Gasteiger partial charge in [-0.15, -0.1) is 0 Å². The molecule has 1 aromatic rings. The maximum absolute atomic E-state index is 11.8.